The summed E-state index contributed by atoms with van der Waals surface area (Å²) in [5.41, 5.74) is 2.18. The SMILES string of the molecule is COc1ccc(NC(=O)n2nc(C)c3ccccc32)cc1OC. The number of ether oxygens (including phenoxy) is 2. The molecule has 1 heterocycles. The van der Waals surface area contributed by atoms with Gasteiger partial charge in [-0.05, 0) is 25.1 Å². The van der Waals surface area contributed by atoms with Crippen LogP contribution in [0, 0.1) is 6.92 Å². The van der Waals surface area contributed by atoms with E-state index >= 15 is 0 Å². The van der Waals surface area contributed by atoms with Gasteiger partial charge in [0, 0.05) is 17.1 Å². The molecule has 0 aliphatic rings. The van der Waals surface area contributed by atoms with Crippen molar-refractivity contribution in [3.63, 3.8) is 0 Å². The first kappa shape index (κ1) is 14.9. The van der Waals surface area contributed by atoms with Gasteiger partial charge < -0.3 is 14.8 Å². The van der Waals surface area contributed by atoms with E-state index in [9.17, 15) is 4.79 Å². The molecule has 3 aromatic rings. The summed E-state index contributed by atoms with van der Waals surface area (Å²) in [5, 5.41) is 8.08. The van der Waals surface area contributed by atoms with Gasteiger partial charge in [-0.25, -0.2) is 4.79 Å². The molecule has 6 heteroatoms. The van der Waals surface area contributed by atoms with E-state index in [0.717, 1.165) is 16.6 Å². The molecule has 0 saturated carbocycles. The maximum atomic E-state index is 12.5. The zero-order chi connectivity index (χ0) is 16.4. The average Bonchev–Trinajstić information content (AvgIpc) is 2.92. The number of aromatic nitrogens is 2. The lowest BCUT2D eigenvalue weighted by Crippen LogP contribution is -2.20. The summed E-state index contributed by atoms with van der Waals surface area (Å²) in [6, 6.07) is 12.5. The number of carbonyl (C=O) groups excluding carboxylic acids is 1. The minimum atomic E-state index is -0.332. The largest absolute Gasteiger partial charge is 0.493 e. The number of anilines is 1. The Morgan fingerprint density at radius 2 is 1.83 bits per heavy atom. The summed E-state index contributed by atoms with van der Waals surface area (Å²) in [5.74, 6) is 1.15. The van der Waals surface area contributed by atoms with E-state index in [1.54, 1.807) is 32.4 Å². The molecule has 0 unspecified atom stereocenters. The van der Waals surface area contributed by atoms with Crippen molar-refractivity contribution >= 4 is 22.6 Å². The maximum absolute atomic E-state index is 12.5. The number of carbonyl (C=O) groups is 1. The highest BCUT2D eigenvalue weighted by Crippen LogP contribution is 2.30. The van der Waals surface area contributed by atoms with Crippen molar-refractivity contribution in [2.75, 3.05) is 19.5 Å². The predicted octanol–water partition coefficient (Wildman–Crippen LogP) is 3.44. The van der Waals surface area contributed by atoms with Crippen LogP contribution in [-0.2, 0) is 0 Å². The molecule has 3 rings (SSSR count). The van der Waals surface area contributed by atoms with Crippen molar-refractivity contribution < 1.29 is 14.3 Å². The molecule has 2 aromatic carbocycles. The van der Waals surface area contributed by atoms with Crippen LogP contribution in [0.5, 0.6) is 11.5 Å². The zero-order valence-corrected chi connectivity index (χ0v) is 13.2. The number of hydrogen-bond acceptors (Lipinski definition) is 4. The molecular formula is C17H17N3O3. The Morgan fingerprint density at radius 1 is 1.09 bits per heavy atom. The van der Waals surface area contributed by atoms with Gasteiger partial charge in [-0.2, -0.15) is 9.78 Å². The monoisotopic (exact) mass is 311 g/mol. The summed E-state index contributed by atoms with van der Waals surface area (Å²) in [7, 11) is 3.11. The van der Waals surface area contributed by atoms with E-state index in [0.29, 0.717) is 17.2 Å². The van der Waals surface area contributed by atoms with Crippen LogP contribution in [0.25, 0.3) is 10.9 Å². The second-order valence-electron chi connectivity index (χ2n) is 5.01. The number of aryl methyl sites for hydroxylation is 1. The fourth-order valence-corrected chi connectivity index (χ4v) is 2.47. The maximum Gasteiger partial charge on any atom is 0.347 e. The Bertz CT molecular complexity index is 871. The lowest BCUT2D eigenvalue weighted by molar-refractivity contribution is 0.251. The quantitative estimate of drug-likeness (QED) is 0.804. The number of hydrogen-bond donors (Lipinski definition) is 1. The van der Waals surface area contributed by atoms with Crippen LogP contribution >= 0.6 is 0 Å². The number of methoxy groups -OCH3 is 2. The minimum Gasteiger partial charge on any atom is -0.493 e. The first-order chi connectivity index (χ1) is 11.1. The van der Waals surface area contributed by atoms with E-state index in [1.165, 1.54) is 4.68 Å². The summed E-state index contributed by atoms with van der Waals surface area (Å²) in [4.78, 5) is 12.5. The standard InChI is InChI=1S/C17H17N3O3/c1-11-13-6-4-5-7-14(13)20(19-11)17(21)18-12-8-9-15(22-2)16(10-12)23-3/h4-10H,1-3H3,(H,18,21). The highest BCUT2D eigenvalue weighted by atomic mass is 16.5. The molecule has 0 bridgehead atoms. The third-order valence-electron chi connectivity index (χ3n) is 3.60. The van der Waals surface area contributed by atoms with Crippen molar-refractivity contribution in [3.8, 4) is 11.5 Å². The zero-order valence-electron chi connectivity index (χ0n) is 13.2. The van der Waals surface area contributed by atoms with Gasteiger partial charge >= 0.3 is 6.03 Å². The number of nitrogens with zero attached hydrogens (tertiary/aromatic N) is 2. The Morgan fingerprint density at radius 3 is 2.57 bits per heavy atom. The van der Waals surface area contributed by atoms with E-state index in [-0.39, 0.29) is 6.03 Å². The first-order valence-corrected chi connectivity index (χ1v) is 7.12. The topological polar surface area (TPSA) is 65.4 Å². The summed E-state index contributed by atoms with van der Waals surface area (Å²) in [6.07, 6.45) is 0. The van der Waals surface area contributed by atoms with Gasteiger partial charge in [-0.15, -0.1) is 0 Å². The second kappa shape index (κ2) is 6.00. The van der Waals surface area contributed by atoms with Crippen molar-refractivity contribution in [3.05, 3.63) is 48.2 Å². The Labute approximate surface area is 133 Å². The molecular weight excluding hydrogens is 294 g/mol. The van der Waals surface area contributed by atoms with Crippen LogP contribution in [0.1, 0.15) is 5.69 Å². The number of fused-ring (bicyclic) bond motifs is 1. The number of para-hydroxylation sites is 1. The molecule has 1 N–H and O–H groups in total. The number of rotatable bonds is 3. The highest BCUT2D eigenvalue weighted by Gasteiger charge is 2.14. The van der Waals surface area contributed by atoms with Crippen molar-refractivity contribution in [2.24, 2.45) is 0 Å². The van der Waals surface area contributed by atoms with E-state index < -0.39 is 0 Å². The van der Waals surface area contributed by atoms with Crippen molar-refractivity contribution in [2.45, 2.75) is 6.92 Å². The van der Waals surface area contributed by atoms with Crippen LogP contribution in [0.3, 0.4) is 0 Å². The predicted molar refractivity (Wildman–Crippen MR) is 88.4 cm³/mol. The van der Waals surface area contributed by atoms with E-state index in [1.807, 2.05) is 31.2 Å². The molecule has 0 saturated heterocycles. The molecule has 1 amide bonds. The molecule has 0 spiro atoms. The number of nitrogens with one attached hydrogen (secondary N) is 1. The van der Waals surface area contributed by atoms with Gasteiger partial charge in [-0.1, -0.05) is 18.2 Å². The Balaban J connectivity index is 1.92. The second-order valence-corrected chi connectivity index (χ2v) is 5.01. The molecule has 0 aliphatic carbocycles. The fraction of sp³-hybridized carbons (Fsp3) is 0.176. The average molecular weight is 311 g/mol. The van der Waals surface area contributed by atoms with Gasteiger partial charge in [-0.3, -0.25) is 0 Å². The molecule has 118 valence electrons. The summed E-state index contributed by atoms with van der Waals surface area (Å²) in [6.45, 7) is 1.88. The lowest BCUT2D eigenvalue weighted by Gasteiger charge is -2.10. The van der Waals surface area contributed by atoms with Crippen LogP contribution in [0.15, 0.2) is 42.5 Å². The van der Waals surface area contributed by atoms with Crippen LogP contribution < -0.4 is 14.8 Å². The number of amides is 1. The fourth-order valence-electron chi connectivity index (χ4n) is 2.47. The molecule has 1 aromatic heterocycles. The van der Waals surface area contributed by atoms with Gasteiger partial charge in [0.05, 0.1) is 25.4 Å². The van der Waals surface area contributed by atoms with Crippen LogP contribution in [-0.4, -0.2) is 30.0 Å². The first-order valence-electron chi connectivity index (χ1n) is 7.12. The van der Waals surface area contributed by atoms with Gasteiger partial charge in [0.25, 0.3) is 0 Å². The van der Waals surface area contributed by atoms with E-state index in [2.05, 4.69) is 10.4 Å². The third kappa shape index (κ3) is 2.70. The summed E-state index contributed by atoms with van der Waals surface area (Å²) < 4.78 is 11.8. The Hall–Kier alpha value is -3.02. The normalized spacial score (nSPS) is 10.6. The smallest absolute Gasteiger partial charge is 0.347 e. The molecule has 23 heavy (non-hydrogen) atoms. The molecule has 0 aliphatic heterocycles. The lowest BCUT2D eigenvalue weighted by atomic mass is 10.2. The van der Waals surface area contributed by atoms with E-state index in [4.69, 9.17) is 9.47 Å². The Kier molecular flexibility index (Phi) is 3.89. The summed E-state index contributed by atoms with van der Waals surface area (Å²) >= 11 is 0. The molecule has 6 nitrogen and oxygen atoms in total. The van der Waals surface area contributed by atoms with Gasteiger partial charge in [0.1, 0.15) is 0 Å². The minimum absolute atomic E-state index is 0.332. The van der Waals surface area contributed by atoms with Gasteiger partial charge in [0.15, 0.2) is 11.5 Å². The van der Waals surface area contributed by atoms with Crippen molar-refractivity contribution in [1.29, 1.82) is 0 Å². The van der Waals surface area contributed by atoms with Crippen molar-refractivity contribution in [1.82, 2.24) is 9.78 Å². The van der Waals surface area contributed by atoms with Crippen LogP contribution in [0.4, 0.5) is 10.5 Å². The third-order valence-corrected chi connectivity index (χ3v) is 3.60. The molecule has 0 atom stereocenters. The molecule has 0 fully saturated rings. The highest BCUT2D eigenvalue weighted by molar-refractivity contribution is 5.98. The van der Waals surface area contributed by atoms with Crippen LogP contribution in [0.2, 0.25) is 0 Å². The van der Waals surface area contributed by atoms with Gasteiger partial charge in [0.2, 0.25) is 0 Å². The number of benzene rings is 2. The molecule has 0 radical (unpaired) electrons.